The summed E-state index contributed by atoms with van der Waals surface area (Å²) in [5.74, 6) is -0.981. The quantitative estimate of drug-likeness (QED) is 0.433. The van der Waals surface area contributed by atoms with Crippen molar-refractivity contribution in [3.63, 3.8) is 0 Å². The Bertz CT molecular complexity index is 58.7. The van der Waals surface area contributed by atoms with Gasteiger partial charge in [0.05, 0.1) is 0 Å². The molecule has 5 heavy (non-hydrogen) atoms. The van der Waals surface area contributed by atoms with Crippen molar-refractivity contribution in [2.45, 2.75) is 0 Å². The van der Waals surface area contributed by atoms with Crippen molar-refractivity contribution in [1.82, 2.24) is 0 Å². The van der Waals surface area contributed by atoms with Gasteiger partial charge < -0.3 is 0 Å². The SMILES string of the molecule is C=BC(=O)O. The summed E-state index contributed by atoms with van der Waals surface area (Å²) in [4.78, 5) is 9.25. The summed E-state index contributed by atoms with van der Waals surface area (Å²) in [5, 5.41) is 7.60. The van der Waals surface area contributed by atoms with E-state index in [4.69, 9.17) is 5.11 Å². The third-order valence-corrected chi connectivity index (χ3v) is 0.175. The molecule has 0 aromatic rings. The first kappa shape index (κ1) is 4.40. The Kier molecular flexibility index (Phi) is 1.50. The topological polar surface area (TPSA) is 37.3 Å². The van der Waals surface area contributed by atoms with Crippen LogP contribution in [0.5, 0.6) is 0 Å². The minimum absolute atomic E-state index is 0.833. The van der Waals surface area contributed by atoms with Crippen molar-refractivity contribution < 1.29 is 9.90 Å². The molecular formula is C2H3BO2. The van der Waals surface area contributed by atoms with Gasteiger partial charge in [0, 0.05) is 0 Å². The Morgan fingerprint density at radius 3 is 2.20 bits per heavy atom. The first-order valence-corrected chi connectivity index (χ1v) is 1.12. The van der Waals surface area contributed by atoms with Crippen LogP contribution in [0.3, 0.4) is 0 Å². The van der Waals surface area contributed by atoms with Gasteiger partial charge in [-0.3, -0.25) is 0 Å². The molecule has 0 aromatic carbocycles. The van der Waals surface area contributed by atoms with E-state index >= 15 is 0 Å². The monoisotopic (exact) mass is 70.0 g/mol. The zero-order valence-electron chi connectivity index (χ0n) is 2.64. The van der Waals surface area contributed by atoms with Crippen LogP contribution in [0.15, 0.2) is 0 Å². The normalized spacial score (nSPS) is 5.60. The summed E-state index contributed by atoms with van der Waals surface area (Å²) in [5.41, 5.74) is 0. The molecule has 0 fully saturated rings. The van der Waals surface area contributed by atoms with E-state index in [1.165, 1.54) is 0 Å². The molecule has 2 nitrogen and oxygen atoms in total. The van der Waals surface area contributed by atoms with Crippen LogP contribution >= 0.6 is 0 Å². The summed E-state index contributed by atoms with van der Waals surface area (Å²) in [6.45, 7) is 3.79. The van der Waals surface area contributed by atoms with E-state index in [-0.39, 0.29) is 0 Å². The number of hydrogen-bond acceptors (Lipinski definition) is 1. The van der Waals surface area contributed by atoms with Gasteiger partial charge in [0.2, 0.25) is 0 Å². The number of carbonyl (C=O) groups is 1. The fraction of sp³-hybridized carbons (Fsp3) is 0. The van der Waals surface area contributed by atoms with Crippen LogP contribution in [0.4, 0.5) is 4.79 Å². The van der Waals surface area contributed by atoms with Gasteiger partial charge in [0.1, 0.15) is 0 Å². The Morgan fingerprint density at radius 1 is 2.00 bits per heavy atom. The summed E-state index contributed by atoms with van der Waals surface area (Å²) in [6.07, 6.45) is 0. The maximum atomic E-state index is 9.25. The summed E-state index contributed by atoms with van der Waals surface area (Å²) in [6, 6.07) is 0. The zero-order valence-corrected chi connectivity index (χ0v) is 2.64. The van der Waals surface area contributed by atoms with Crippen molar-refractivity contribution in [2.75, 3.05) is 0 Å². The van der Waals surface area contributed by atoms with Crippen LogP contribution in [0.25, 0.3) is 0 Å². The Balaban J connectivity index is 3.20. The molecule has 0 unspecified atom stereocenters. The van der Waals surface area contributed by atoms with Gasteiger partial charge in [-0.25, -0.2) is 0 Å². The summed E-state index contributed by atoms with van der Waals surface area (Å²) in [7, 11) is 0. The van der Waals surface area contributed by atoms with Gasteiger partial charge in [-0.05, 0) is 0 Å². The van der Waals surface area contributed by atoms with Crippen molar-refractivity contribution in [3.05, 3.63) is 0 Å². The second-order valence-corrected chi connectivity index (χ2v) is 0.542. The third kappa shape index (κ3) is 3.40. The van der Waals surface area contributed by atoms with Crippen molar-refractivity contribution in [1.29, 1.82) is 0 Å². The van der Waals surface area contributed by atoms with E-state index in [0.29, 0.717) is 0 Å². The zero-order chi connectivity index (χ0) is 4.28. The molecule has 0 bridgehead atoms. The van der Waals surface area contributed by atoms with E-state index in [9.17, 15) is 4.79 Å². The number of hydrogen-bond donors (Lipinski definition) is 1. The van der Waals surface area contributed by atoms with Crippen molar-refractivity contribution in [3.8, 4) is 0 Å². The molecule has 0 aliphatic carbocycles. The van der Waals surface area contributed by atoms with Gasteiger partial charge >= 0.3 is 29.2 Å². The molecule has 0 amide bonds. The molecule has 0 spiro atoms. The number of carboxylic acid groups (broad SMARTS) is 1. The molecule has 0 rings (SSSR count). The molecule has 0 saturated carbocycles. The Morgan fingerprint density at radius 2 is 2.20 bits per heavy atom. The second kappa shape index (κ2) is 1.70. The molecular weight excluding hydrogens is 66.8 g/mol. The molecule has 1 N–H and O–H groups in total. The molecule has 0 radical (unpaired) electrons. The van der Waals surface area contributed by atoms with Crippen LogP contribution in [-0.4, -0.2) is 24.4 Å². The van der Waals surface area contributed by atoms with Crippen LogP contribution in [0.1, 0.15) is 0 Å². The fourth-order valence-electron chi connectivity index (χ4n) is 0. The van der Waals surface area contributed by atoms with E-state index in [1.807, 2.05) is 0 Å². The summed E-state index contributed by atoms with van der Waals surface area (Å²) < 4.78 is 0. The van der Waals surface area contributed by atoms with Gasteiger partial charge in [-0.15, -0.1) is 0 Å². The van der Waals surface area contributed by atoms with Gasteiger partial charge in [0.25, 0.3) is 0 Å². The predicted octanol–water partition coefficient (Wildman–Crippen LogP) is -0.199. The maximum absolute atomic E-state index is 9.25. The standard InChI is InChI=1S/C2H3BO2/c1-3-2(4)5/h1H2,(H,4,5). The minimum atomic E-state index is -0.981. The molecule has 0 aromatic heterocycles. The van der Waals surface area contributed by atoms with Gasteiger partial charge in [0.15, 0.2) is 0 Å². The van der Waals surface area contributed by atoms with Crippen LogP contribution in [-0.2, 0) is 0 Å². The molecule has 0 aliphatic rings. The van der Waals surface area contributed by atoms with Crippen molar-refractivity contribution in [2.24, 2.45) is 0 Å². The van der Waals surface area contributed by atoms with E-state index in [1.54, 1.807) is 0 Å². The van der Waals surface area contributed by atoms with Crippen molar-refractivity contribution >= 4 is 19.3 Å². The second-order valence-electron chi connectivity index (χ2n) is 0.542. The van der Waals surface area contributed by atoms with E-state index in [2.05, 4.69) is 6.47 Å². The van der Waals surface area contributed by atoms with E-state index < -0.39 is 5.87 Å². The van der Waals surface area contributed by atoms with Crippen LogP contribution in [0, 0.1) is 0 Å². The Hall–Kier alpha value is -0.595. The van der Waals surface area contributed by atoms with Crippen LogP contribution in [0.2, 0.25) is 0 Å². The third-order valence-electron chi connectivity index (χ3n) is 0.175. The molecule has 0 aliphatic heterocycles. The molecule has 26 valence electrons. The molecule has 3 heteroatoms. The molecule has 0 atom stereocenters. The van der Waals surface area contributed by atoms with Gasteiger partial charge in [-0.2, -0.15) is 0 Å². The average molecular weight is 69.9 g/mol. The summed E-state index contributed by atoms with van der Waals surface area (Å²) >= 11 is 0. The predicted molar refractivity (Wildman–Crippen MR) is 20.9 cm³/mol. The average Bonchev–Trinajstić information content (AvgIpc) is 1.38. The van der Waals surface area contributed by atoms with E-state index in [0.717, 1.165) is 6.92 Å². The first-order chi connectivity index (χ1) is 2.27. The molecule has 0 saturated heterocycles. The Labute approximate surface area is 30.3 Å². The molecule has 0 heterocycles. The fourth-order valence-corrected chi connectivity index (χ4v) is 0. The van der Waals surface area contributed by atoms with Gasteiger partial charge in [-0.1, -0.05) is 0 Å². The number of rotatable bonds is 1. The first-order valence-electron chi connectivity index (χ1n) is 1.12. The van der Waals surface area contributed by atoms with Crippen LogP contribution < -0.4 is 0 Å².